The Kier molecular flexibility index (Phi) is 4.48. The fourth-order valence-electron chi connectivity index (χ4n) is 3.18. The van der Waals surface area contributed by atoms with E-state index < -0.39 is 0 Å². The molecule has 1 saturated carbocycles. The first-order valence-corrected chi connectivity index (χ1v) is 9.47. The molecule has 1 aromatic carbocycles. The minimum Gasteiger partial charge on any atom is -0.353 e. The molecule has 1 unspecified atom stereocenters. The monoisotopic (exact) mass is 356 g/mol. The maximum absolute atomic E-state index is 13.0. The van der Waals surface area contributed by atoms with Crippen molar-refractivity contribution in [2.75, 3.05) is 13.1 Å². The smallest absolute Gasteiger partial charge is 0.275 e. The summed E-state index contributed by atoms with van der Waals surface area (Å²) in [6, 6.07) is 10.1. The fraction of sp³-hybridized carbons (Fsp3) is 0.444. The number of amides is 2. The highest BCUT2D eigenvalue weighted by molar-refractivity contribution is 7.09. The van der Waals surface area contributed by atoms with E-state index in [4.69, 9.17) is 0 Å². The molecule has 1 aromatic heterocycles. The van der Waals surface area contributed by atoms with Crippen molar-refractivity contribution < 1.29 is 9.59 Å². The Morgan fingerprint density at radius 3 is 2.72 bits per heavy atom. The van der Waals surface area contributed by atoms with E-state index >= 15 is 0 Å². The van der Waals surface area contributed by atoms with Crippen LogP contribution >= 0.6 is 11.5 Å². The summed E-state index contributed by atoms with van der Waals surface area (Å²) in [6.07, 6.45) is 3.83. The van der Waals surface area contributed by atoms with Crippen molar-refractivity contribution in [1.82, 2.24) is 19.8 Å². The maximum Gasteiger partial charge on any atom is 0.275 e. The number of hydrogen-bond donors (Lipinski definition) is 1. The van der Waals surface area contributed by atoms with Gasteiger partial charge in [0, 0.05) is 19.1 Å². The van der Waals surface area contributed by atoms with Gasteiger partial charge in [0.25, 0.3) is 5.91 Å². The van der Waals surface area contributed by atoms with Crippen molar-refractivity contribution in [2.24, 2.45) is 5.92 Å². The van der Waals surface area contributed by atoms with Crippen molar-refractivity contribution >= 4 is 23.3 Å². The number of rotatable bonds is 4. The number of benzene rings is 1. The quantitative estimate of drug-likeness (QED) is 0.912. The topological polar surface area (TPSA) is 75.2 Å². The maximum atomic E-state index is 13.0. The van der Waals surface area contributed by atoms with E-state index in [0.717, 1.165) is 36.1 Å². The lowest BCUT2D eigenvalue weighted by molar-refractivity contribution is -0.126. The van der Waals surface area contributed by atoms with Crippen molar-refractivity contribution in [1.29, 1.82) is 0 Å². The molecule has 1 aliphatic heterocycles. The second kappa shape index (κ2) is 6.92. The number of aromatic nitrogens is 2. The SMILES string of the molecule is O=C(NC1CC1)C1CCCN(C(=O)c2nnsc2-c2ccccc2)C1. The highest BCUT2D eigenvalue weighted by Gasteiger charge is 2.33. The number of nitrogens with one attached hydrogen (secondary N) is 1. The predicted octanol–water partition coefficient (Wildman–Crippen LogP) is 2.34. The standard InChI is InChI=1S/C18H20N4O2S/c23-17(19-14-8-9-14)13-7-4-10-22(11-13)18(24)15-16(25-21-20-15)12-5-2-1-3-6-12/h1-3,5-6,13-14H,4,7-11H2,(H,19,23). The summed E-state index contributed by atoms with van der Waals surface area (Å²) >= 11 is 1.23. The van der Waals surface area contributed by atoms with Gasteiger partial charge in [0.15, 0.2) is 5.69 Å². The van der Waals surface area contributed by atoms with Gasteiger partial charge in [0.05, 0.1) is 10.8 Å². The summed E-state index contributed by atoms with van der Waals surface area (Å²) in [5.74, 6) is -0.165. The molecule has 1 N–H and O–H groups in total. The lowest BCUT2D eigenvalue weighted by Crippen LogP contribution is -2.46. The van der Waals surface area contributed by atoms with Gasteiger partial charge in [-0.1, -0.05) is 34.8 Å². The van der Waals surface area contributed by atoms with E-state index in [1.54, 1.807) is 4.90 Å². The molecule has 130 valence electrons. The van der Waals surface area contributed by atoms with Gasteiger partial charge < -0.3 is 10.2 Å². The molecule has 4 rings (SSSR count). The first-order chi connectivity index (χ1) is 12.2. The molecule has 6 nitrogen and oxygen atoms in total. The normalized spacial score (nSPS) is 20.3. The minimum atomic E-state index is -0.128. The van der Waals surface area contributed by atoms with Gasteiger partial charge in [0.2, 0.25) is 5.91 Å². The predicted molar refractivity (Wildman–Crippen MR) is 95.1 cm³/mol. The summed E-state index contributed by atoms with van der Waals surface area (Å²) in [5.41, 5.74) is 1.33. The van der Waals surface area contributed by atoms with Gasteiger partial charge in [-0.05, 0) is 42.8 Å². The van der Waals surface area contributed by atoms with Crippen LogP contribution in [-0.4, -0.2) is 45.4 Å². The number of carbonyl (C=O) groups excluding carboxylic acids is 2. The van der Waals surface area contributed by atoms with Crippen LogP contribution in [0.5, 0.6) is 0 Å². The molecule has 1 aliphatic carbocycles. The Morgan fingerprint density at radius 1 is 1.16 bits per heavy atom. The lowest BCUT2D eigenvalue weighted by atomic mass is 9.96. The van der Waals surface area contributed by atoms with Gasteiger partial charge in [-0.15, -0.1) is 5.10 Å². The van der Waals surface area contributed by atoms with Crippen LogP contribution in [0.2, 0.25) is 0 Å². The Balaban J connectivity index is 1.49. The van der Waals surface area contributed by atoms with E-state index in [0.29, 0.717) is 24.8 Å². The Hall–Kier alpha value is -2.28. The van der Waals surface area contributed by atoms with Crippen LogP contribution in [0.1, 0.15) is 36.2 Å². The second-order valence-corrected chi connectivity index (χ2v) is 7.44. The highest BCUT2D eigenvalue weighted by atomic mass is 32.1. The van der Waals surface area contributed by atoms with Crippen LogP contribution in [0.4, 0.5) is 0 Å². The molecule has 2 heterocycles. The fourth-order valence-corrected chi connectivity index (χ4v) is 3.84. The third-order valence-corrected chi connectivity index (χ3v) is 5.50. The molecule has 2 amide bonds. The number of piperidine rings is 1. The number of likely N-dealkylation sites (tertiary alicyclic amines) is 1. The molecular weight excluding hydrogens is 336 g/mol. The highest BCUT2D eigenvalue weighted by Crippen LogP contribution is 2.28. The van der Waals surface area contributed by atoms with Crippen LogP contribution in [-0.2, 0) is 4.79 Å². The van der Waals surface area contributed by atoms with Gasteiger partial charge in [0.1, 0.15) is 0 Å². The number of nitrogens with zero attached hydrogens (tertiary/aromatic N) is 3. The Morgan fingerprint density at radius 2 is 1.96 bits per heavy atom. The van der Waals surface area contributed by atoms with Crippen LogP contribution in [0.3, 0.4) is 0 Å². The molecule has 0 spiro atoms. The largest absolute Gasteiger partial charge is 0.353 e. The van der Waals surface area contributed by atoms with Gasteiger partial charge in [-0.3, -0.25) is 9.59 Å². The molecule has 2 aromatic rings. The molecule has 0 radical (unpaired) electrons. The van der Waals surface area contributed by atoms with Crippen LogP contribution in [0, 0.1) is 5.92 Å². The summed E-state index contributed by atoms with van der Waals surface area (Å²) < 4.78 is 3.98. The molecule has 0 bridgehead atoms. The zero-order valence-electron chi connectivity index (χ0n) is 13.9. The van der Waals surface area contributed by atoms with Crippen molar-refractivity contribution in [2.45, 2.75) is 31.7 Å². The van der Waals surface area contributed by atoms with Crippen LogP contribution in [0.25, 0.3) is 10.4 Å². The molecule has 25 heavy (non-hydrogen) atoms. The van der Waals surface area contributed by atoms with E-state index in [1.165, 1.54) is 11.5 Å². The van der Waals surface area contributed by atoms with Crippen molar-refractivity contribution in [3.05, 3.63) is 36.0 Å². The molecule has 1 saturated heterocycles. The number of carbonyl (C=O) groups is 2. The van der Waals surface area contributed by atoms with Crippen molar-refractivity contribution in [3.63, 3.8) is 0 Å². The third kappa shape index (κ3) is 3.56. The Bertz CT molecular complexity index is 772. The average molecular weight is 356 g/mol. The first-order valence-electron chi connectivity index (χ1n) is 8.70. The van der Waals surface area contributed by atoms with E-state index in [9.17, 15) is 9.59 Å². The van der Waals surface area contributed by atoms with Crippen molar-refractivity contribution in [3.8, 4) is 10.4 Å². The van der Waals surface area contributed by atoms with Gasteiger partial charge in [-0.25, -0.2) is 0 Å². The summed E-state index contributed by atoms with van der Waals surface area (Å²) in [6.45, 7) is 1.13. The first kappa shape index (κ1) is 16.2. The molecule has 2 fully saturated rings. The molecule has 2 aliphatic rings. The van der Waals surface area contributed by atoms with E-state index in [1.807, 2.05) is 30.3 Å². The Labute approximate surface area is 150 Å². The zero-order valence-corrected chi connectivity index (χ0v) is 14.7. The van der Waals surface area contributed by atoms with E-state index in [-0.39, 0.29) is 17.7 Å². The van der Waals surface area contributed by atoms with Gasteiger partial charge >= 0.3 is 0 Å². The molecule has 7 heteroatoms. The minimum absolute atomic E-state index is 0.0830. The van der Waals surface area contributed by atoms with Gasteiger partial charge in [-0.2, -0.15) is 0 Å². The average Bonchev–Trinajstić information content (AvgIpc) is 3.34. The third-order valence-electron chi connectivity index (χ3n) is 4.73. The summed E-state index contributed by atoms with van der Waals surface area (Å²) in [7, 11) is 0. The molecule has 1 atom stereocenters. The molecular formula is C18H20N4O2S. The lowest BCUT2D eigenvalue weighted by Gasteiger charge is -2.31. The van der Waals surface area contributed by atoms with Crippen LogP contribution < -0.4 is 5.32 Å². The van der Waals surface area contributed by atoms with Crippen LogP contribution in [0.15, 0.2) is 30.3 Å². The number of hydrogen-bond acceptors (Lipinski definition) is 5. The summed E-state index contributed by atoms with van der Waals surface area (Å²) in [4.78, 5) is 27.8. The zero-order chi connectivity index (χ0) is 17.2. The summed E-state index contributed by atoms with van der Waals surface area (Å²) in [5, 5.41) is 7.12. The second-order valence-electron chi connectivity index (χ2n) is 6.69. The van der Waals surface area contributed by atoms with E-state index in [2.05, 4.69) is 14.9 Å².